The SMILES string of the molecule is C[C@H](CCC(=O)O)[C@H]1CC[C@H]2[C@@H]3[C@H](O)C[C@@H]4C[C@H](OC(=O)CCCC(=O)O)CC(C(C)(C)C)[C@]4(C)[C@H]3C[C@H](O)[C@]12C. The Bertz CT molecular complexity index is 988. The third kappa shape index (κ3) is 5.93. The number of rotatable bonds is 9. The molecule has 234 valence electrons. The molecule has 0 aliphatic heterocycles. The van der Waals surface area contributed by atoms with E-state index in [2.05, 4.69) is 41.5 Å². The van der Waals surface area contributed by atoms with Gasteiger partial charge >= 0.3 is 17.9 Å². The number of fused-ring (bicyclic) bond motifs is 5. The molecule has 0 amide bonds. The van der Waals surface area contributed by atoms with Crippen LogP contribution in [-0.2, 0) is 19.1 Å². The van der Waals surface area contributed by atoms with Crippen molar-refractivity contribution in [3.05, 3.63) is 0 Å². The summed E-state index contributed by atoms with van der Waals surface area (Å²) < 4.78 is 5.95. The summed E-state index contributed by atoms with van der Waals surface area (Å²) in [6, 6.07) is 0. The molecule has 41 heavy (non-hydrogen) atoms. The lowest BCUT2D eigenvalue weighted by Gasteiger charge is -2.67. The number of carbonyl (C=O) groups excluding carboxylic acids is 1. The van der Waals surface area contributed by atoms with Crippen molar-refractivity contribution in [1.29, 1.82) is 0 Å². The van der Waals surface area contributed by atoms with Crippen LogP contribution in [0, 0.1) is 57.7 Å². The summed E-state index contributed by atoms with van der Waals surface area (Å²) in [5, 5.41) is 41.9. The molecule has 4 aliphatic carbocycles. The van der Waals surface area contributed by atoms with Crippen LogP contribution in [0.3, 0.4) is 0 Å². The van der Waals surface area contributed by atoms with Gasteiger partial charge in [-0.25, -0.2) is 0 Å². The molecule has 0 heterocycles. The van der Waals surface area contributed by atoms with Crippen LogP contribution in [-0.4, -0.2) is 56.6 Å². The first-order valence-electron chi connectivity index (χ1n) is 16.0. The zero-order valence-electron chi connectivity index (χ0n) is 26.0. The number of aliphatic hydroxyl groups is 2. The zero-order valence-corrected chi connectivity index (χ0v) is 26.0. The van der Waals surface area contributed by atoms with E-state index in [1.54, 1.807) is 0 Å². The molecule has 8 heteroatoms. The Kier molecular flexibility index (Phi) is 9.27. The highest BCUT2D eigenvalue weighted by molar-refractivity contribution is 5.71. The summed E-state index contributed by atoms with van der Waals surface area (Å²) >= 11 is 0. The Labute approximate surface area is 245 Å². The molecule has 4 N–H and O–H groups in total. The molecule has 8 nitrogen and oxygen atoms in total. The first-order valence-corrected chi connectivity index (χ1v) is 16.0. The highest BCUT2D eigenvalue weighted by Crippen LogP contribution is 2.70. The summed E-state index contributed by atoms with van der Waals surface area (Å²) in [4.78, 5) is 34.8. The predicted octanol–water partition coefficient (Wildman–Crippen LogP) is 5.53. The molecule has 0 aromatic heterocycles. The molecule has 4 aliphatic rings. The number of aliphatic hydroxyl groups excluding tert-OH is 2. The largest absolute Gasteiger partial charge is 0.481 e. The van der Waals surface area contributed by atoms with Crippen molar-refractivity contribution in [1.82, 2.24) is 0 Å². The lowest BCUT2D eigenvalue weighted by Crippen LogP contribution is -2.65. The lowest BCUT2D eigenvalue weighted by molar-refractivity contribution is -0.235. The van der Waals surface area contributed by atoms with Gasteiger partial charge in [-0.3, -0.25) is 14.4 Å². The van der Waals surface area contributed by atoms with E-state index in [4.69, 9.17) is 9.84 Å². The van der Waals surface area contributed by atoms with Crippen molar-refractivity contribution in [2.24, 2.45) is 57.7 Å². The molecule has 0 aromatic carbocycles. The Morgan fingerprint density at radius 3 is 2.15 bits per heavy atom. The topological polar surface area (TPSA) is 141 Å². The van der Waals surface area contributed by atoms with Crippen LogP contribution in [0.15, 0.2) is 0 Å². The van der Waals surface area contributed by atoms with Crippen molar-refractivity contribution in [3.8, 4) is 0 Å². The summed E-state index contributed by atoms with van der Waals surface area (Å²) in [5.41, 5.74) is -0.559. The quantitative estimate of drug-likeness (QED) is 0.262. The number of esters is 1. The monoisotopic (exact) mass is 578 g/mol. The maximum Gasteiger partial charge on any atom is 0.306 e. The number of carboxylic acids is 2. The van der Waals surface area contributed by atoms with E-state index in [9.17, 15) is 29.7 Å². The Balaban J connectivity index is 1.59. The number of aliphatic carboxylic acids is 2. The van der Waals surface area contributed by atoms with Crippen LogP contribution in [0.1, 0.15) is 112 Å². The number of ether oxygens (including phenoxy) is 1. The Morgan fingerprint density at radius 2 is 1.54 bits per heavy atom. The van der Waals surface area contributed by atoms with Gasteiger partial charge in [-0.2, -0.15) is 0 Å². The molecule has 1 unspecified atom stereocenters. The van der Waals surface area contributed by atoms with Crippen molar-refractivity contribution in [2.45, 2.75) is 130 Å². The van der Waals surface area contributed by atoms with Crippen LogP contribution in [0.25, 0.3) is 0 Å². The van der Waals surface area contributed by atoms with Gasteiger partial charge in [0, 0.05) is 19.3 Å². The van der Waals surface area contributed by atoms with Gasteiger partial charge in [-0.1, -0.05) is 41.5 Å². The van der Waals surface area contributed by atoms with Crippen LogP contribution < -0.4 is 0 Å². The second-order valence-electron chi connectivity index (χ2n) is 15.6. The second kappa shape index (κ2) is 11.8. The highest BCUT2D eigenvalue weighted by atomic mass is 16.5. The van der Waals surface area contributed by atoms with E-state index in [1.165, 1.54) is 0 Å². The van der Waals surface area contributed by atoms with Crippen LogP contribution in [0.4, 0.5) is 0 Å². The zero-order chi connectivity index (χ0) is 30.5. The summed E-state index contributed by atoms with van der Waals surface area (Å²) in [6.45, 7) is 13.5. The van der Waals surface area contributed by atoms with E-state index >= 15 is 0 Å². The fraction of sp³-hybridized carbons (Fsp3) is 0.909. The molecule has 4 saturated carbocycles. The van der Waals surface area contributed by atoms with E-state index in [0.29, 0.717) is 25.7 Å². The molecule has 4 rings (SSSR count). The van der Waals surface area contributed by atoms with Gasteiger partial charge in [-0.05, 0) is 109 Å². The first kappa shape index (κ1) is 32.2. The fourth-order valence-electron chi connectivity index (χ4n) is 10.8. The lowest BCUT2D eigenvalue weighted by atomic mass is 9.39. The van der Waals surface area contributed by atoms with Crippen molar-refractivity contribution >= 4 is 17.9 Å². The number of carbonyl (C=O) groups is 3. The predicted molar refractivity (Wildman–Crippen MR) is 154 cm³/mol. The van der Waals surface area contributed by atoms with Crippen LogP contribution in [0.2, 0.25) is 0 Å². The van der Waals surface area contributed by atoms with E-state index in [1.807, 2.05) is 0 Å². The summed E-state index contributed by atoms with van der Waals surface area (Å²) in [7, 11) is 0. The highest BCUT2D eigenvalue weighted by Gasteiger charge is 2.68. The third-order valence-electron chi connectivity index (χ3n) is 12.6. The van der Waals surface area contributed by atoms with Gasteiger partial charge < -0.3 is 25.2 Å². The van der Waals surface area contributed by atoms with Crippen molar-refractivity contribution in [3.63, 3.8) is 0 Å². The van der Waals surface area contributed by atoms with Gasteiger partial charge in [0.2, 0.25) is 0 Å². The summed E-state index contributed by atoms with van der Waals surface area (Å²) in [5.74, 6) is -0.835. The van der Waals surface area contributed by atoms with E-state index in [-0.39, 0.29) is 95.4 Å². The smallest absolute Gasteiger partial charge is 0.306 e. The van der Waals surface area contributed by atoms with Gasteiger partial charge in [0.25, 0.3) is 0 Å². The molecule has 0 spiro atoms. The van der Waals surface area contributed by atoms with Gasteiger partial charge in [0.05, 0.1) is 12.2 Å². The van der Waals surface area contributed by atoms with Crippen molar-refractivity contribution in [2.75, 3.05) is 0 Å². The number of carboxylic acid groups (broad SMARTS) is 2. The Morgan fingerprint density at radius 1 is 0.878 bits per heavy atom. The molecule has 12 atom stereocenters. The second-order valence-corrected chi connectivity index (χ2v) is 15.6. The normalized spacial score (nSPS) is 42.9. The molecule has 4 fully saturated rings. The van der Waals surface area contributed by atoms with E-state index in [0.717, 1.165) is 19.3 Å². The minimum Gasteiger partial charge on any atom is -0.481 e. The molecule has 0 aromatic rings. The van der Waals surface area contributed by atoms with E-state index < -0.39 is 24.1 Å². The molecular weight excluding hydrogens is 524 g/mol. The molecule has 0 saturated heterocycles. The minimum absolute atomic E-state index is 0.0536. The van der Waals surface area contributed by atoms with Crippen LogP contribution in [0.5, 0.6) is 0 Å². The average Bonchev–Trinajstić information content (AvgIpc) is 3.21. The Hall–Kier alpha value is -1.67. The fourth-order valence-corrected chi connectivity index (χ4v) is 10.8. The maximum absolute atomic E-state index is 12.6. The molecule has 0 radical (unpaired) electrons. The van der Waals surface area contributed by atoms with Gasteiger partial charge in [-0.15, -0.1) is 0 Å². The molecular formula is C33H54O8. The molecule has 0 bridgehead atoms. The third-order valence-corrected chi connectivity index (χ3v) is 12.6. The first-order chi connectivity index (χ1) is 19.0. The van der Waals surface area contributed by atoms with Crippen molar-refractivity contribution < 1.29 is 39.5 Å². The summed E-state index contributed by atoms with van der Waals surface area (Å²) in [6.07, 6.45) is 4.39. The van der Waals surface area contributed by atoms with Crippen LogP contribution >= 0.6 is 0 Å². The van der Waals surface area contributed by atoms with Gasteiger partial charge in [0.1, 0.15) is 6.10 Å². The van der Waals surface area contributed by atoms with Gasteiger partial charge in [0.15, 0.2) is 0 Å². The number of hydrogen-bond donors (Lipinski definition) is 4. The average molecular weight is 579 g/mol. The number of hydrogen-bond acceptors (Lipinski definition) is 6. The standard InChI is InChI=1S/C33H54O8/c1-18(10-13-28(38)39)21-11-12-22-30-23(17-26(35)33(21,22)6)32(5)19(15-24(30)34)14-20(16-25(32)31(2,3)4)41-29(40)9-7-8-27(36)37/h18-26,30,34-35H,7-17H2,1-6H3,(H,36,37)(H,38,39)/t18-,19+,20+,21-,22+,23+,24-,25?,26+,30+,32+,33-/m1/s1. The maximum atomic E-state index is 12.6. The minimum atomic E-state index is -0.918.